The molecule has 4 heteroatoms. The molecule has 0 aliphatic heterocycles. The lowest BCUT2D eigenvalue weighted by molar-refractivity contribution is -0.144. The van der Waals surface area contributed by atoms with E-state index in [0.29, 0.717) is 11.8 Å². The van der Waals surface area contributed by atoms with E-state index in [1.165, 1.54) is 12.5 Å². The van der Waals surface area contributed by atoms with Crippen molar-refractivity contribution in [2.24, 2.45) is 0 Å². The van der Waals surface area contributed by atoms with Crippen LogP contribution in [0.1, 0.15) is 38.8 Å². The van der Waals surface area contributed by atoms with E-state index in [1.807, 2.05) is 24.3 Å². The maximum Gasteiger partial charge on any atom is 0.344 e. The van der Waals surface area contributed by atoms with Crippen molar-refractivity contribution < 1.29 is 14.6 Å². The van der Waals surface area contributed by atoms with Gasteiger partial charge in [-0.2, -0.15) is 0 Å². The van der Waals surface area contributed by atoms with E-state index >= 15 is 0 Å². The largest absolute Gasteiger partial charge is 0.479 e. The molecule has 1 rings (SSSR count). The fourth-order valence-electron chi connectivity index (χ4n) is 1.78. The molecule has 1 aromatic rings. The number of hydrogen-bond acceptors (Lipinski definition) is 3. The van der Waals surface area contributed by atoms with E-state index in [9.17, 15) is 4.79 Å². The maximum atomic E-state index is 10.7. The SMILES string of the molecule is CCNC(CC)c1ccc(OC(C)C(=O)O)cc1. The summed E-state index contributed by atoms with van der Waals surface area (Å²) in [5, 5.41) is 12.2. The molecule has 100 valence electrons. The van der Waals surface area contributed by atoms with Crippen LogP contribution in [0.5, 0.6) is 5.75 Å². The van der Waals surface area contributed by atoms with Crippen LogP contribution in [0.2, 0.25) is 0 Å². The van der Waals surface area contributed by atoms with E-state index in [1.54, 1.807) is 0 Å². The van der Waals surface area contributed by atoms with Crippen LogP contribution >= 0.6 is 0 Å². The van der Waals surface area contributed by atoms with Gasteiger partial charge in [-0.05, 0) is 37.6 Å². The summed E-state index contributed by atoms with van der Waals surface area (Å²) in [5.74, 6) is -0.377. The molecule has 1 aromatic carbocycles. The van der Waals surface area contributed by atoms with Crippen molar-refractivity contribution in [3.63, 3.8) is 0 Å². The van der Waals surface area contributed by atoms with Gasteiger partial charge in [0.25, 0.3) is 0 Å². The second kappa shape index (κ2) is 7.01. The third-order valence-electron chi connectivity index (χ3n) is 2.80. The standard InChI is InChI=1S/C14H21NO3/c1-4-13(15-5-2)11-6-8-12(9-7-11)18-10(3)14(16)17/h6-10,13,15H,4-5H2,1-3H3,(H,16,17). The van der Waals surface area contributed by atoms with E-state index < -0.39 is 12.1 Å². The van der Waals surface area contributed by atoms with Crippen molar-refractivity contribution in [1.29, 1.82) is 0 Å². The van der Waals surface area contributed by atoms with Gasteiger partial charge in [-0.3, -0.25) is 0 Å². The zero-order chi connectivity index (χ0) is 13.5. The molecule has 0 aliphatic carbocycles. The minimum absolute atomic E-state index is 0.334. The molecule has 0 heterocycles. The molecule has 2 N–H and O–H groups in total. The first-order valence-electron chi connectivity index (χ1n) is 6.31. The zero-order valence-electron chi connectivity index (χ0n) is 11.1. The molecule has 2 unspecified atom stereocenters. The summed E-state index contributed by atoms with van der Waals surface area (Å²) in [4.78, 5) is 10.7. The van der Waals surface area contributed by atoms with Gasteiger partial charge in [0, 0.05) is 6.04 Å². The Bertz CT molecular complexity index is 375. The monoisotopic (exact) mass is 251 g/mol. The molecular formula is C14H21NO3. The molecule has 0 saturated carbocycles. The fourth-order valence-corrected chi connectivity index (χ4v) is 1.78. The zero-order valence-corrected chi connectivity index (χ0v) is 11.1. The number of carboxylic acid groups (broad SMARTS) is 1. The maximum absolute atomic E-state index is 10.7. The Morgan fingerprint density at radius 3 is 2.39 bits per heavy atom. The molecule has 18 heavy (non-hydrogen) atoms. The van der Waals surface area contributed by atoms with E-state index in [0.717, 1.165) is 13.0 Å². The molecule has 0 aliphatic rings. The van der Waals surface area contributed by atoms with Crippen molar-refractivity contribution in [2.45, 2.75) is 39.3 Å². The fraction of sp³-hybridized carbons (Fsp3) is 0.500. The number of carboxylic acids is 1. The highest BCUT2D eigenvalue weighted by molar-refractivity contribution is 5.72. The van der Waals surface area contributed by atoms with Crippen LogP contribution < -0.4 is 10.1 Å². The van der Waals surface area contributed by atoms with Gasteiger partial charge in [-0.25, -0.2) is 4.79 Å². The molecule has 0 saturated heterocycles. The highest BCUT2D eigenvalue weighted by atomic mass is 16.5. The number of nitrogens with one attached hydrogen (secondary N) is 1. The second-order valence-electron chi connectivity index (χ2n) is 4.19. The topological polar surface area (TPSA) is 58.6 Å². The van der Waals surface area contributed by atoms with Crippen LogP contribution in [0, 0.1) is 0 Å². The molecular weight excluding hydrogens is 230 g/mol. The molecule has 0 bridgehead atoms. The van der Waals surface area contributed by atoms with Gasteiger partial charge in [-0.15, -0.1) is 0 Å². The summed E-state index contributed by atoms with van der Waals surface area (Å²) in [7, 11) is 0. The number of ether oxygens (including phenoxy) is 1. The number of benzene rings is 1. The van der Waals surface area contributed by atoms with Crippen molar-refractivity contribution in [2.75, 3.05) is 6.54 Å². The summed E-state index contributed by atoms with van der Waals surface area (Å²) in [6, 6.07) is 7.91. The van der Waals surface area contributed by atoms with Gasteiger partial charge in [0.15, 0.2) is 6.10 Å². The van der Waals surface area contributed by atoms with Crippen molar-refractivity contribution >= 4 is 5.97 Å². The lowest BCUT2D eigenvalue weighted by Gasteiger charge is -2.17. The molecule has 2 atom stereocenters. The van der Waals surface area contributed by atoms with Crippen LogP contribution in [0.4, 0.5) is 0 Å². The highest BCUT2D eigenvalue weighted by Gasteiger charge is 2.13. The third-order valence-corrected chi connectivity index (χ3v) is 2.80. The Labute approximate surface area is 108 Å². The number of aliphatic carboxylic acids is 1. The molecule has 0 spiro atoms. The average Bonchev–Trinajstić information content (AvgIpc) is 2.37. The Kier molecular flexibility index (Phi) is 5.65. The van der Waals surface area contributed by atoms with Gasteiger partial charge in [0.2, 0.25) is 0 Å². The van der Waals surface area contributed by atoms with Gasteiger partial charge >= 0.3 is 5.97 Å². The van der Waals surface area contributed by atoms with Crippen LogP contribution in [-0.4, -0.2) is 23.7 Å². The Balaban J connectivity index is 2.70. The third kappa shape index (κ3) is 4.04. The quantitative estimate of drug-likeness (QED) is 0.782. The Hall–Kier alpha value is -1.55. The summed E-state index contributed by atoms with van der Waals surface area (Å²) >= 11 is 0. The van der Waals surface area contributed by atoms with E-state index in [4.69, 9.17) is 9.84 Å². The lowest BCUT2D eigenvalue weighted by atomic mass is 10.0. The van der Waals surface area contributed by atoms with Gasteiger partial charge in [0.1, 0.15) is 5.75 Å². The first-order chi connectivity index (χ1) is 8.58. The van der Waals surface area contributed by atoms with Crippen LogP contribution in [0.25, 0.3) is 0 Å². The van der Waals surface area contributed by atoms with E-state index in [2.05, 4.69) is 19.2 Å². The summed E-state index contributed by atoms with van der Waals surface area (Å²) in [6.07, 6.45) is 0.186. The molecule has 0 fully saturated rings. The molecule has 0 aromatic heterocycles. The predicted molar refractivity (Wildman–Crippen MR) is 70.9 cm³/mol. The Morgan fingerprint density at radius 2 is 1.94 bits per heavy atom. The highest BCUT2D eigenvalue weighted by Crippen LogP contribution is 2.20. The summed E-state index contributed by atoms with van der Waals surface area (Å²) in [6.45, 7) is 6.65. The second-order valence-corrected chi connectivity index (χ2v) is 4.19. The molecule has 4 nitrogen and oxygen atoms in total. The minimum Gasteiger partial charge on any atom is -0.479 e. The van der Waals surface area contributed by atoms with Crippen molar-refractivity contribution in [3.05, 3.63) is 29.8 Å². The van der Waals surface area contributed by atoms with Crippen molar-refractivity contribution in [1.82, 2.24) is 5.32 Å². The van der Waals surface area contributed by atoms with Gasteiger partial charge in [-0.1, -0.05) is 26.0 Å². The lowest BCUT2D eigenvalue weighted by Crippen LogP contribution is -2.23. The van der Waals surface area contributed by atoms with Crippen LogP contribution in [0.15, 0.2) is 24.3 Å². The first-order valence-corrected chi connectivity index (χ1v) is 6.31. The smallest absolute Gasteiger partial charge is 0.344 e. The molecule has 0 radical (unpaired) electrons. The van der Waals surface area contributed by atoms with Crippen LogP contribution in [-0.2, 0) is 4.79 Å². The number of rotatable bonds is 7. The number of hydrogen-bond donors (Lipinski definition) is 2. The van der Waals surface area contributed by atoms with Crippen LogP contribution in [0.3, 0.4) is 0 Å². The summed E-state index contributed by atoms with van der Waals surface area (Å²) < 4.78 is 5.28. The first kappa shape index (κ1) is 14.5. The minimum atomic E-state index is -0.960. The predicted octanol–water partition coefficient (Wildman–Crippen LogP) is 2.60. The summed E-state index contributed by atoms with van der Waals surface area (Å²) in [5.41, 5.74) is 1.19. The number of carbonyl (C=O) groups is 1. The van der Waals surface area contributed by atoms with E-state index in [-0.39, 0.29) is 0 Å². The van der Waals surface area contributed by atoms with Gasteiger partial charge in [0.05, 0.1) is 0 Å². The average molecular weight is 251 g/mol. The van der Waals surface area contributed by atoms with Gasteiger partial charge < -0.3 is 15.2 Å². The Morgan fingerprint density at radius 1 is 1.33 bits per heavy atom. The van der Waals surface area contributed by atoms with Crippen molar-refractivity contribution in [3.8, 4) is 5.75 Å². The normalized spacial score (nSPS) is 13.9. The molecule has 0 amide bonds.